The van der Waals surface area contributed by atoms with Crippen LogP contribution in [-0.4, -0.2) is 33.5 Å². The zero-order chi connectivity index (χ0) is 15.4. The highest BCUT2D eigenvalue weighted by molar-refractivity contribution is 9.10. The average molecular weight is 365 g/mol. The predicted molar refractivity (Wildman–Crippen MR) is 88.5 cm³/mol. The Bertz CT molecular complexity index is 589. The van der Waals surface area contributed by atoms with Crippen molar-refractivity contribution in [1.29, 1.82) is 0 Å². The van der Waals surface area contributed by atoms with Gasteiger partial charge in [-0.25, -0.2) is 0 Å². The number of ether oxygens (including phenoxy) is 1. The van der Waals surface area contributed by atoms with Gasteiger partial charge in [0.1, 0.15) is 0 Å². The van der Waals surface area contributed by atoms with E-state index in [0.29, 0.717) is 12.1 Å². The molecule has 5 nitrogen and oxygen atoms in total. The SMILES string of the molecule is CC(Cn1cc(Br)cn1)N[C@H]1CCCO[C@@H]1c1ccncc1. The molecule has 2 aromatic heterocycles. The maximum absolute atomic E-state index is 6.01. The topological polar surface area (TPSA) is 52.0 Å². The molecule has 1 fully saturated rings. The number of pyridine rings is 1. The zero-order valence-electron chi connectivity index (χ0n) is 12.7. The van der Waals surface area contributed by atoms with E-state index in [2.05, 4.69) is 38.3 Å². The van der Waals surface area contributed by atoms with Crippen LogP contribution in [0, 0.1) is 0 Å². The molecule has 3 atom stereocenters. The van der Waals surface area contributed by atoms with Gasteiger partial charge in [0.2, 0.25) is 0 Å². The van der Waals surface area contributed by atoms with E-state index in [1.54, 1.807) is 0 Å². The summed E-state index contributed by atoms with van der Waals surface area (Å²) < 4.78 is 8.97. The van der Waals surface area contributed by atoms with Crippen molar-refractivity contribution in [3.63, 3.8) is 0 Å². The van der Waals surface area contributed by atoms with Crippen LogP contribution in [0.5, 0.6) is 0 Å². The highest BCUT2D eigenvalue weighted by atomic mass is 79.9. The van der Waals surface area contributed by atoms with Crippen molar-refractivity contribution in [3.8, 4) is 0 Å². The number of hydrogen-bond donors (Lipinski definition) is 1. The molecule has 1 aliphatic rings. The minimum absolute atomic E-state index is 0.101. The van der Waals surface area contributed by atoms with E-state index in [0.717, 1.165) is 30.5 Å². The zero-order valence-corrected chi connectivity index (χ0v) is 14.2. The fourth-order valence-electron chi connectivity index (χ4n) is 2.97. The molecule has 0 saturated carbocycles. The lowest BCUT2D eigenvalue weighted by atomic mass is 9.96. The van der Waals surface area contributed by atoms with Crippen molar-refractivity contribution in [2.75, 3.05) is 6.61 Å². The number of hydrogen-bond acceptors (Lipinski definition) is 4. The molecule has 0 amide bonds. The van der Waals surface area contributed by atoms with Crippen LogP contribution in [0.15, 0.2) is 41.4 Å². The predicted octanol–water partition coefficient (Wildman–Crippen LogP) is 2.94. The highest BCUT2D eigenvalue weighted by Crippen LogP contribution is 2.28. The molecule has 3 rings (SSSR count). The Morgan fingerprint density at radius 1 is 1.45 bits per heavy atom. The molecule has 1 aliphatic heterocycles. The van der Waals surface area contributed by atoms with Gasteiger partial charge in [0.25, 0.3) is 0 Å². The van der Waals surface area contributed by atoms with E-state index < -0.39 is 0 Å². The van der Waals surface area contributed by atoms with Crippen molar-refractivity contribution < 1.29 is 4.74 Å². The fourth-order valence-corrected chi connectivity index (χ4v) is 3.30. The number of aromatic nitrogens is 3. The Morgan fingerprint density at radius 3 is 3.00 bits per heavy atom. The van der Waals surface area contributed by atoms with Gasteiger partial charge in [0, 0.05) is 37.3 Å². The summed E-state index contributed by atoms with van der Waals surface area (Å²) in [7, 11) is 0. The minimum atomic E-state index is 0.101. The van der Waals surface area contributed by atoms with Crippen molar-refractivity contribution >= 4 is 15.9 Å². The molecule has 0 spiro atoms. The summed E-state index contributed by atoms with van der Waals surface area (Å²) in [6.07, 6.45) is 9.79. The third-order valence-corrected chi connectivity index (χ3v) is 4.33. The van der Waals surface area contributed by atoms with Gasteiger partial charge in [-0.3, -0.25) is 9.67 Å². The van der Waals surface area contributed by atoms with Gasteiger partial charge in [0.15, 0.2) is 0 Å². The van der Waals surface area contributed by atoms with Crippen LogP contribution >= 0.6 is 15.9 Å². The first-order valence-electron chi connectivity index (χ1n) is 7.68. The maximum atomic E-state index is 6.01. The molecule has 1 N–H and O–H groups in total. The standard InChI is InChI=1S/C16H21BrN4O/c1-12(10-21-11-14(17)9-19-21)20-15-3-2-8-22-16(15)13-4-6-18-7-5-13/h4-7,9,11-12,15-16,20H,2-3,8,10H2,1H3/t12?,15-,16+/m0/s1. The van der Waals surface area contributed by atoms with Gasteiger partial charge in [-0.2, -0.15) is 5.10 Å². The lowest BCUT2D eigenvalue weighted by molar-refractivity contribution is -0.0139. The van der Waals surface area contributed by atoms with Gasteiger partial charge >= 0.3 is 0 Å². The third-order valence-electron chi connectivity index (χ3n) is 3.92. The van der Waals surface area contributed by atoms with Crippen LogP contribution in [0.25, 0.3) is 0 Å². The molecule has 0 radical (unpaired) electrons. The number of rotatable bonds is 5. The lowest BCUT2D eigenvalue weighted by Gasteiger charge is -2.34. The second-order valence-corrected chi connectivity index (χ2v) is 6.68. The molecule has 1 saturated heterocycles. The molecule has 0 aliphatic carbocycles. The molecule has 2 aromatic rings. The van der Waals surface area contributed by atoms with Crippen molar-refractivity contribution in [2.24, 2.45) is 0 Å². The van der Waals surface area contributed by atoms with Crippen LogP contribution in [0.3, 0.4) is 0 Å². The monoisotopic (exact) mass is 364 g/mol. The molecule has 118 valence electrons. The molecule has 22 heavy (non-hydrogen) atoms. The van der Waals surface area contributed by atoms with E-state index in [4.69, 9.17) is 4.74 Å². The minimum Gasteiger partial charge on any atom is -0.372 e. The van der Waals surface area contributed by atoms with Gasteiger partial charge in [0.05, 0.1) is 23.3 Å². The molecule has 6 heteroatoms. The van der Waals surface area contributed by atoms with Gasteiger partial charge < -0.3 is 10.1 Å². The lowest BCUT2D eigenvalue weighted by Crippen LogP contribution is -2.45. The first-order chi connectivity index (χ1) is 10.7. The Kier molecular flexibility index (Phi) is 5.23. The molecule has 3 heterocycles. The summed E-state index contributed by atoms with van der Waals surface area (Å²) in [6.45, 7) is 3.85. The quantitative estimate of drug-likeness (QED) is 0.885. The first kappa shape index (κ1) is 15.6. The largest absolute Gasteiger partial charge is 0.372 e. The van der Waals surface area contributed by atoms with Crippen LogP contribution < -0.4 is 5.32 Å². The fraction of sp³-hybridized carbons (Fsp3) is 0.500. The number of nitrogens with one attached hydrogen (secondary N) is 1. The van der Waals surface area contributed by atoms with Crippen LogP contribution in [0.2, 0.25) is 0 Å². The van der Waals surface area contributed by atoms with Crippen molar-refractivity contribution in [3.05, 3.63) is 47.0 Å². The Labute approximate surface area is 139 Å². The second-order valence-electron chi connectivity index (χ2n) is 5.77. The summed E-state index contributed by atoms with van der Waals surface area (Å²) >= 11 is 3.43. The molecule has 0 aromatic carbocycles. The molecule has 1 unspecified atom stereocenters. The van der Waals surface area contributed by atoms with Crippen molar-refractivity contribution in [1.82, 2.24) is 20.1 Å². The molecular weight excluding hydrogens is 344 g/mol. The average Bonchev–Trinajstić information content (AvgIpc) is 2.93. The maximum Gasteiger partial charge on any atom is 0.0978 e. The number of nitrogens with zero attached hydrogens (tertiary/aromatic N) is 3. The second kappa shape index (κ2) is 7.35. The van der Waals surface area contributed by atoms with Gasteiger partial charge in [-0.1, -0.05) is 0 Å². The van der Waals surface area contributed by atoms with Crippen molar-refractivity contribution in [2.45, 2.75) is 44.5 Å². The van der Waals surface area contributed by atoms with E-state index in [9.17, 15) is 0 Å². The smallest absolute Gasteiger partial charge is 0.0978 e. The van der Waals surface area contributed by atoms with E-state index >= 15 is 0 Å². The Balaban J connectivity index is 1.63. The summed E-state index contributed by atoms with van der Waals surface area (Å²) in [5.74, 6) is 0. The number of halogens is 1. The van der Waals surface area contributed by atoms with Crippen LogP contribution in [0.1, 0.15) is 31.4 Å². The third kappa shape index (κ3) is 3.94. The summed E-state index contributed by atoms with van der Waals surface area (Å²) in [5, 5.41) is 8.02. The van der Waals surface area contributed by atoms with E-state index in [-0.39, 0.29) is 6.10 Å². The highest BCUT2D eigenvalue weighted by Gasteiger charge is 2.28. The van der Waals surface area contributed by atoms with E-state index in [1.807, 2.05) is 41.6 Å². The summed E-state index contributed by atoms with van der Waals surface area (Å²) in [4.78, 5) is 4.09. The first-order valence-corrected chi connectivity index (χ1v) is 8.47. The normalized spacial score (nSPS) is 23.4. The van der Waals surface area contributed by atoms with Crippen LogP contribution in [-0.2, 0) is 11.3 Å². The Hall–Kier alpha value is -1.24. The summed E-state index contributed by atoms with van der Waals surface area (Å²) in [5.41, 5.74) is 1.20. The van der Waals surface area contributed by atoms with Gasteiger partial charge in [-0.15, -0.1) is 0 Å². The van der Waals surface area contributed by atoms with Gasteiger partial charge in [-0.05, 0) is 53.4 Å². The Morgan fingerprint density at radius 2 is 2.27 bits per heavy atom. The van der Waals surface area contributed by atoms with E-state index in [1.165, 1.54) is 5.56 Å². The molecular formula is C16H21BrN4O. The van der Waals surface area contributed by atoms with Crippen LogP contribution in [0.4, 0.5) is 0 Å². The molecule has 0 bridgehead atoms. The summed E-state index contributed by atoms with van der Waals surface area (Å²) in [6, 6.07) is 4.73.